The zero-order valence-electron chi connectivity index (χ0n) is 11.3. The fourth-order valence-corrected chi connectivity index (χ4v) is 1.19. The van der Waals surface area contributed by atoms with Crippen LogP contribution in [0.1, 0.15) is 66.7 Å². The summed E-state index contributed by atoms with van der Waals surface area (Å²) < 4.78 is 4.83. The Morgan fingerprint density at radius 3 is 1.73 bits per heavy atom. The van der Waals surface area contributed by atoms with Gasteiger partial charge in [0.05, 0.1) is 5.60 Å². The first-order chi connectivity index (χ1) is 6.97. The van der Waals surface area contributed by atoms with Gasteiger partial charge in [-0.1, -0.05) is 32.6 Å². The Bertz CT molecular complexity index is 104. The van der Waals surface area contributed by atoms with Gasteiger partial charge in [0.2, 0.25) is 0 Å². The molecule has 0 radical (unpaired) electrons. The molecule has 94 valence electrons. The highest BCUT2D eigenvalue weighted by molar-refractivity contribution is 4.63. The second kappa shape index (κ2) is 12.0. The van der Waals surface area contributed by atoms with Crippen LogP contribution in [0.4, 0.5) is 0 Å². The third-order valence-corrected chi connectivity index (χ3v) is 2.05. The summed E-state index contributed by atoms with van der Waals surface area (Å²) in [7, 11) is 0. The number of hydrogen-bond acceptors (Lipinski definition) is 2. The molecule has 1 N–H and O–H groups in total. The van der Waals surface area contributed by atoms with Crippen LogP contribution in [0.3, 0.4) is 0 Å². The average Bonchev–Trinajstić information content (AvgIpc) is 2.13. The molecule has 0 rings (SSSR count). The van der Waals surface area contributed by atoms with Crippen LogP contribution < -0.4 is 0 Å². The molecular formula is C13H30O2. The third-order valence-electron chi connectivity index (χ3n) is 2.05. The summed E-state index contributed by atoms with van der Waals surface area (Å²) in [6.45, 7) is 11.6. The molecule has 0 aliphatic carbocycles. The van der Waals surface area contributed by atoms with E-state index in [2.05, 4.69) is 6.92 Å². The number of ether oxygens (including phenoxy) is 1. The lowest BCUT2D eigenvalue weighted by atomic mass is 10.0. The first-order valence-electron chi connectivity index (χ1n) is 6.28. The average molecular weight is 218 g/mol. The summed E-state index contributed by atoms with van der Waals surface area (Å²) in [6.07, 6.45) is 5.94. The van der Waals surface area contributed by atoms with E-state index in [1.165, 1.54) is 19.3 Å². The molecule has 0 atom stereocenters. The molecule has 0 aromatic rings. The first kappa shape index (κ1) is 17.3. The number of rotatable bonds is 7. The van der Waals surface area contributed by atoms with E-state index in [0.29, 0.717) is 0 Å². The van der Waals surface area contributed by atoms with Gasteiger partial charge in [0.15, 0.2) is 0 Å². The highest BCUT2D eigenvalue weighted by Crippen LogP contribution is 2.13. The normalized spacial score (nSPS) is 10.8. The fourth-order valence-electron chi connectivity index (χ4n) is 1.19. The van der Waals surface area contributed by atoms with E-state index < -0.39 is 5.60 Å². The van der Waals surface area contributed by atoms with Crippen LogP contribution in [-0.2, 0) is 4.74 Å². The lowest BCUT2D eigenvalue weighted by Gasteiger charge is -2.15. The van der Waals surface area contributed by atoms with Gasteiger partial charge in [0.25, 0.3) is 0 Å². The van der Waals surface area contributed by atoms with Crippen molar-refractivity contribution in [2.24, 2.45) is 0 Å². The highest BCUT2D eigenvalue weighted by Gasteiger charge is 2.10. The number of hydrogen-bond donors (Lipinski definition) is 1. The van der Waals surface area contributed by atoms with E-state index in [1.807, 2.05) is 27.7 Å². The van der Waals surface area contributed by atoms with Crippen molar-refractivity contribution in [3.8, 4) is 0 Å². The second-order valence-corrected chi connectivity index (χ2v) is 4.40. The van der Waals surface area contributed by atoms with Crippen molar-refractivity contribution in [3.05, 3.63) is 0 Å². The Hall–Kier alpha value is -0.0800. The molecule has 0 aromatic heterocycles. The molecule has 0 aromatic carbocycles. The molecule has 0 aliphatic heterocycles. The van der Waals surface area contributed by atoms with Gasteiger partial charge in [-0.2, -0.15) is 0 Å². The van der Waals surface area contributed by atoms with E-state index in [0.717, 1.165) is 26.1 Å². The smallest absolute Gasteiger partial charge is 0.0591 e. The van der Waals surface area contributed by atoms with Crippen molar-refractivity contribution in [3.63, 3.8) is 0 Å². The molecule has 0 fully saturated rings. The third kappa shape index (κ3) is 24.9. The Labute approximate surface area is 96.0 Å². The van der Waals surface area contributed by atoms with Crippen LogP contribution in [0, 0.1) is 0 Å². The maximum atomic E-state index is 9.32. The van der Waals surface area contributed by atoms with Gasteiger partial charge < -0.3 is 9.84 Å². The molecule has 0 saturated carbocycles. The van der Waals surface area contributed by atoms with E-state index in [1.54, 1.807) is 0 Å². The van der Waals surface area contributed by atoms with E-state index >= 15 is 0 Å². The van der Waals surface area contributed by atoms with Gasteiger partial charge in [-0.3, -0.25) is 0 Å². The minimum atomic E-state index is -0.451. The van der Waals surface area contributed by atoms with Crippen molar-refractivity contribution >= 4 is 0 Å². The minimum absolute atomic E-state index is 0.451. The Morgan fingerprint density at radius 1 is 0.933 bits per heavy atom. The molecule has 2 heteroatoms. The van der Waals surface area contributed by atoms with Crippen LogP contribution in [0.5, 0.6) is 0 Å². The molecule has 0 saturated heterocycles. The van der Waals surface area contributed by atoms with Gasteiger partial charge in [0, 0.05) is 13.2 Å². The predicted molar refractivity (Wildman–Crippen MR) is 67.2 cm³/mol. The summed E-state index contributed by atoms with van der Waals surface area (Å²) in [5.74, 6) is 0. The zero-order valence-corrected chi connectivity index (χ0v) is 11.3. The van der Waals surface area contributed by atoms with Crippen molar-refractivity contribution in [2.45, 2.75) is 72.3 Å². The fraction of sp³-hybridized carbons (Fsp3) is 1.00. The standard InChI is InChI=1S/C9H20O.C4H10O/c1-4-5-6-7-8-9(2,3)10;1-3-5-4-2/h10H,4-8H2,1-3H3;3-4H2,1-2H3. The minimum Gasteiger partial charge on any atom is -0.390 e. The van der Waals surface area contributed by atoms with Gasteiger partial charge in [-0.25, -0.2) is 0 Å². The van der Waals surface area contributed by atoms with Crippen LogP contribution in [0.25, 0.3) is 0 Å². The van der Waals surface area contributed by atoms with Crippen LogP contribution >= 0.6 is 0 Å². The van der Waals surface area contributed by atoms with Gasteiger partial charge in [-0.15, -0.1) is 0 Å². The predicted octanol–water partition coefficient (Wildman–Crippen LogP) is 3.77. The van der Waals surface area contributed by atoms with Crippen molar-refractivity contribution < 1.29 is 9.84 Å². The summed E-state index contributed by atoms with van der Waals surface area (Å²) >= 11 is 0. The Balaban J connectivity index is 0. The van der Waals surface area contributed by atoms with Crippen molar-refractivity contribution in [2.75, 3.05) is 13.2 Å². The molecule has 0 spiro atoms. The summed E-state index contributed by atoms with van der Waals surface area (Å²) in [4.78, 5) is 0. The maximum Gasteiger partial charge on any atom is 0.0591 e. The summed E-state index contributed by atoms with van der Waals surface area (Å²) in [5.41, 5.74) is -0.451. The lowest BCUT2D eigenvalue weighted by Crippen LogP contribution is -2.17. The molecule has 0 bridgehead atoms. The molecule has 0 heterocycles. The molecule has 0 aliphatic rings. The monoisotopic (exact) mass is 218 g/mol. The topological polar surface area (TPSA) is 29.5 Å². The molecular weight excluding hydrogens is 188 g/mol. The van der Waals surface area contributed by atoms with Gasteiger partial charge in [0.1, 0.15) is 0 Å². The van der Waals surface area contributed by atoms with E-state index in [-0.39, 0.29) is 0 Å². The lowest BCUT2D eigenvalue weighted by molar-refractivity contribution is 0.0680. The largest absolute Gasteiger partial charge is 0.390 e. The summed E-state index contributed by atoms with van der Waals surface area (Å²) in [6, 6.07) is 0. The van der Waals surface area contributed by atoms with Gasteiger partial charge in [-0.05, 0) is 34.1 Å². The van der Waals surface area contributed by atoms with Crippen LogP contribution in [0.15, 0.2) is 0 Å². The number of unbranched alkanes of at least 4 members (excludes halogenated alkanes) is 3. The second-order valence-electron chi connectivity index (χ2n) is 4.40. The maximum absolute atomic E-state index is 9.32. The molecule has 15 heavy (non-hydrogen) atoms. The van der Waals surface area contributed by atoms with Crippen LogP contribution in [0.2, 0.25) is 0 Å². The quantitative estimate of drug-likeness (QED) is 0.659. The molecule has 2 nitrogen and oxygen atoms in total. The number of aliphatic hydroxyl groups is 1. The Kier molecular flexibility index (Phi) is 13.8. The van der Waals surface area contributed by atoms with E-state index in [4.69, 9.17) is 4.74 Å². The van der Waals surface area contributed by atoms with E-state index in [9.17, 15) is 5.11 Å². The molecule has 0 amide bonds. The Morgan fingerprint density at radius 2 is 1.47 bits per heavy atom. The molecule has 0 unspecified atom stereocenters. The van der Waals surface area contributed by atoms with Crippen LogP contribution in [-0.4, -0.2) is 23.9 Å². The van der Waals surface area contributed by atoms with Crippen molar-refractivity contribution in [1.82, 2.24) is 0 Å². The zero-order chi connectivity index (χ0) is 12.2. The highest BCUT2D eigenvalue weighted by atomic mass is 16.5. The van der Waals surface area contributed by atoms with Crippen molar-refractivity contribution in [1.29, 1.82) is 0 Å². The first-order valence-corrected chi connectivity index (χ1v) is 6.28. The van der Waals surface area contributed by atoms with Gasteiger partial charge >= 0.3 is 0 Å². The SMILES string of the molecule is CCCCCCC(C)(C)O.CCOCC. The summed E-state index contributed by atoms with van der Waals surface area (Å²) in [5, 5.41) is 9.32.